The van der Waals surface area contributed by atoms with E-state index in [1.807, 2.05) is 19.9 Å². The van der Waals surface area contributed by atoms with E-state index in [0.29, 0.717) is 5.75 Å². The summed E-state index contributed by atoms with van der Waals surface area (Å²) in [4.78, 5) is 24.0. The van der Waals surface area contributed by atoms with Crippen LogP contribution in [0.3, 0.4) is 0 Å². The van der Waals surface area contributed by atoms with Crippen LogP contribution in [0.25, 0.3) is 0 Å². The Morgan fingerprint density at radius 2 is 2.13 bits per heavy atom. The molecule has 1 unspecified atom stereocenters. The van der Waals surface area contributed by atoms with Crippen LogP contribution in [0, 0.1) is 5.92 Å². The lowest BCUT2D eigenvalue weighted by atomic mass is 9.86. The van der Waals surface area contributed by atoms with Crippen molar-refractivity contribution in [2.24, 2.45) is 5.92 Å². The van der Waals surface area contributed by atoms with E-state index in [1.165, 1.54) is 6.92 Å². The Labute approximate surface area is 137 Å². The molecule has 126 valence electrons. The summed E-state index contributed by atoms with van der Waals surface area (Å²) in [6, 6.07) is 4.80. The monoisotopic (exact) mass is 318 g/mol. The molecule has 1 aliphatic carbocycles. The number of fused-ring (bicyclic) bond motifs is 1. The number of hydrogen-bond donors (Lipinski definition) is 3. The number of phenols is 1. The van der Waals surface area contributed by atoms with Gasteiger partial charge in [0.05, 0.1) is 6.04 Å². The molecule has 0 saturated heterocycles. The Hall–Kier alpha value is -2.04. The standard InChI is InChI=1S/C18H26N2O3/c1-4-11(2)17(19-12(3)21)18(23)20-15-9-5-8-14-13(15)7-6-10-16(14)22/h6-7,10-11,15,17,22H,4-5,8-9H2,1-3H3,(H,19,21)(H,20,23)/t11-,15?,17-/m0/s1. The van der Waals surface area contributed by atoms with Crippen molar-refractivity contribution >= 4 is 11.8 Å². The molecule has 5 heteroatoms. The minimum absolute atomic E-state index is 0.0612. The zero-order chi connectivity index (χ0) is 17.0. The predicted octanol–water partition coefficient (Wildman–Crippen LogP) is 2.44. The molecule has 1 aromatic rings. The molecule has 0 heterocycles. The van der Waals surface area contributed by atoms with Gasteiger partial charge in [0.1, 0.15) is 11.8 Å². The van der Waals surface area contributed by atoms with Gasteiger partial charge in [0.2, 0.25) is 11.8 Å². The van der Waals surface area contributed by atoms with Crippen molar-refractivity contribution in [3.05, 3.63) is 29.3 Å². The molecule has 0 aromatic heterocycles. The van der Waals surface area contributed by atoms with Crippen LogP contribution in [0.2, 0.25) is 0 Å². The van der Waals surface area contributed by atoms with Crippen molar-refractivity contribution in [2.45, 2.75) is 58.5 Å². The molecule has 1 aromatic carbocycles. The average Bonchev–Trinajstić information content (AvgIpc) is 2.52. The minimum atomic E-state index is -0.528. The molecule has 0 bridgehead atoms. The number of benzene rings is 1. The highest BCUT2D eigenvalue weighted by atomic mass is 16.3. The number of nitrogens with one attached hydrogen (secondary N) is 2. The third-order valence-electron chi connectivity index (χ3n) is 4.65. The maximum atomic E-state index is 12.7. The van der Waals surface area contributed by atoms with Gasteiger partial charge in [-0.05, 0) is 42.4 Å². The molecule has 2 amide bonds. The van der Waals surface area contributed by atoms with Crippen LogP contribution in [0.4, 0.5) is 0 Å². The Kier molecular flexibility index (Phi) is 5.64. The second-order valence-corrected chi connectivity index (χ2v) is 6.36. The van der Waals surface area contributed by atoms with Crippen molar-refractivity contribution in [3.63, 3.8) is 0 Å². The summed E-state index contributed by atoms with van der Waals surface area (Å²) in [5.74, 6) is -0.00388. The molecular weight excluding hydrogens is 292 g/mol. The van der Waals surface area contributed by atoms with Gasteiger partial charge < -0.3 is 15.7 Å². The average molecular weight is 318 g/mol. The van der Waals surface area contributed by atoms with Crippen LogP contribution in [0.1, 0.15) is 57.2 Å². The minimum Gasteiger partial charge on any atom is -0.508 e. The zero-order valence-electron chi connectivity index (χ0n) is 14.1. The van der Waals surface area contributed by atoms with E-state index in [0.717, 1.165) is 36.8 Å². The van der Waals surface area contributed by atoms with Gasteiger partial charge >= 0.3 is 0 Å². The summed E-state index contributed by atoms with van der Waals surface area (Å²) in [5.41, 5.74) is 1.90. The lowest BCUT2D eigenvalue weighted by molar-refractivity contribution is -0.130. The molecule has 2 rings (SSSR count). The molecule has 3 N–H and O–H groups in total. The van der Waals surface area contributed by atoms with Gasteiger partial charge in [0.25, 0.3) is 0 Å². The number of phenolic OH excluding ortho intramolecular Hbond substituents is 1. The van der Waals surface area contributed by atoms with E-state index >= 15 is 0 Å². The maximum Gasteiger partial charge on any atom is 0.243 e. The molecule has 5 nitrogen and oxygen atoms in total. The number of amides is 2. The first-order chi connectivity index (χ1) is 10.9. The number of carbonyl (C=O) groups is 2. The molecule has 0 fully saturated rings. The fraction of sp³-hybridized carbons (Fsp3) is 0.556. The molecule has 3 atom stereocenters. The summed E-state index contributed by atoms with van der Waals surface area (Å²) in [5, 5.41) is 15.8. The van der Waals surface area contributed by atoms with E-state index in [2.05, 4.69) is 10.6 Å². The highest BCUT2D eigenvalue weighted by Crippen LogP contribution is 2.34. The van der Waals surface area contributed by atoms with E-state index < -0.39 is 6.04 Å². The van der Waals surface area contributed by atoms with E-state index in [9.17, 15) is 14.7 Å². The fourth-order valence-corrected chi connectivity index (χ4v) is 3.16. The summed E-state index contributed by atoms with van der Waals surface area (Å²) >= 11 is 0. The van der Waals surface area contributed by atoms with Crippen LogP contribution in [0.15, 0.2) is 18.2 Å². The Balaban J connectivity index is 2.16. The van der Waals surface area contributed by atoms with Crippen LogP contribution in [0.5, 0.6) is 5.75 Å². The van der Waals surface area contributed by atoms with Gasteiger partial charge in [0.15, 0.2) is 0 Å². The van der Waals surface area contributed by atoms with Crippen molar-refractivity contribution in [1.82, 2.24) is 10.6 Å². The van der Waals surface area contributed by atoms with Crippen molar-refractivity contribution < 1.29 is 14.7 Å². The van der Waals surface area contributed by atoms with Crippen LogP contribution >= 0.6 is 0 Å². The highest BCUT2D eigenvalue weighted by Gasteiger charge is 2.29. The van der Waals surface area contributed by atoms with Gasteiger partial charge in [-0.25, -0.2) is 0 Å². The first-order valence-corrected chi connectivity index (χ1v) is 8.32. The second kappa shape index (κ2) is 7.49. The largest absolute Gasteiger partial charge is 0.508 e. The van der Waals surface area contributed by atoms with Gasteiger partial charge in [0, 0.05) is 6.92 Å². The molecule has 0 spiro atoms. The van der Waals surface area contributed by atoms with Gasteiger partial charge in [-0.3, -0.25) is 9.59 Å². The molecule has 0 radical (unpaired) electrons. The summed E-state index contributed by atoms with van der Waals surface area (Å²) in [6.45, 7) is 5.39. The first-order valence-electron chi connectivity index (χ1n) is 8.32. The van der Waals surface area contributed by atoms with Crippen LogP contribution < -0.4 is 10.6 Å². The predicted molar refractivity (Wildman–Crippen MR) is 89.0 cm³/mol. The third-order valence-corrected chi connectivity index (χ3v) is 4.65. The topological polar surface area (TPSA) is 78.4 Å². The molecule has 0 saturated carbocycles. The molecular formula is C18H26N2O3. The maximum absolute atomic E-state index is 12.7. The smallest absolute Gasteiger partial charge is 0.243 e. The van der Waals surface area contributed by atoms with Crippen LogP contribution in [-0.2, 0) is 16.0 Å². The van der Waals surface area contributed by atoms with Crippen molar-refractivity contribution in [1.29, 1.82) is 0 Å². The van der Waals surface area contributed by atoms with Gasteiger partial charge in [-0.2, -0.15) is 0 Å². The Morgan fingerprint density at radius 1 is 1.39 bits per heavy atom. The fourth-order valence-electron chi connectivity index (χ4n) is 3.16. The van der Waals surface area contributed by atoms with Crippen LogP contribution in [-0.4, -0.2) is 23.0 Å². The zero-order valence-corrected chi connectivity index (χ0v) is 14.1. The molecule has 23 heavy (non-hydrogen) atoms. The number of rotatable bonds is 5. The third kappa shape index (κ3) is 4.03. The van der Waals surface area contributed by atoms with E-state index in [1.54, 1.807) is 12.1 Å². The second-order valence-electron chi connectivity index (χ2n) is 6.36. The molecule has 0 aliphatic heterocycles. The Bertz CT molecular complexity index is 586. The van der Waals surface area contributed by atoms with Gasteiger partial charge in [-0.1, -0.05) is 32.4 Å². The van der Waals surface area contributed by atoms with Gasteiger partial charge in [-0.15, -0.1) is 0 Å². The lowest BCUT2D eigenvalue weighted by Gasteiger charge is -2.30. The lowest BCUT2D eigenvalue weighted by Crippen LogP contribution is -2.50. The summed E-state index contributed by atoms with van der Waals surface area (Å²) in [7, 11) is 0. The van der Waals surface area contributed by atoms with E-state index in [4.69, 9.17) is 0 Å². The highest BCUT2D eigenvalue weighted by molar-refractivity contribution is 5.87. The normalized spacial score (nSPS) is 19.3. The number of aromatic hydroxyl groups is 1. The van der Waals surface area contributed by atoms with Crippen molar-refractivity contribution in [3.8, 4) is 5.75 Å². The van der Waals surface area contributed by atoms with Crippen molar-refractivity contribution in [2.75, 3.05) is 0 Å². The quantitative estimate of drug-likeness (QED) is 0.780. The number of carbonyl (C=O) groups excluding carboxylic acids is 2. The summed E-state index contributed by atoms with van der Waals surface area (Å²) < 4.78 is 0. The first kappa shape index (κ1) is 17.3. The summed E-state index contributed by atoms with van der Waals surface area (Å²) in [6.07, 6.45) is 3.40. The molecule has 1 aliphatic rings. The number of hydrogen-bond acceptors (Lipinski definition) is 3. The SMILES string of the molecule is CC[C@H](C)[C@H](NC(C)=O)C(=O)NC1CCCc2c(O)cccc21. The van der Waals surface area contributed by atoms with E-state index in [-0.39, 0.29) is 23.8 Å². The Morgan fingerprint density at radius 3 is 2.78 bits per heavy atom.